The van der Waals surface area contributed by atoms with Crippen LogP contribution in [0.2, 0.25) is 0 Å². The average Bonchev–Trinajstić information content (AvgIpc) is 2.51. The van der Waals surface area contributed by atoms with E-state index in [1.54, 1.807) is 6.07 Å². The summed E-state index contributed by atoms with van der Waals surface area (Å²) in [6.45, 7) is 0.673. The summed E-state index contributed by atoms with van der Waals surface area (Å²) >= 11 is 3.18. The predicted octanol–water partition coefficient (Wildman–Crippen LogP) is 0.485. The van der Waals surface area contributed by atoms with Gasteiger partial charge in [-0.15, -0.1) is 0 Å². The van der Waals surface area contributed by atoms with E-state index in [-0.39, 0.29) is 6.61 Å². The smallest absolute Gasteiger partial charge is 0.169 e. The molecule has 74 valence electrons. The maximum atomic E-state index is 8.99. The van der Waals surface area contributed by atoms with Gasteiger partial charge in [-0.05, 0) is 28.1 Å². The fourth-order valence-electron chi connectivity index (χ4n) is 0.873. The molecule has 1 aromatic heterocycles. The second kappa shape index (κ2) is 5.39. The van der Waals surface area contributed by atoms with Gasteiger partial charge in [0.15, 0.2) is 4.67 Å². The molecule has 0 amide bonds. The first-order chi connectivity index (χ1) is 6.22. The first kappa shape index (κ1) is 10.7. The van der Waals surface area contributed by atoms with E-state index in [2.05, 4.69) is 21.2 Å². The molecular formula is C8H12BrNO3. The molecule has 0 aromatic carbocycles. The van der Waals surface area contributed by atoms with Gasteiger partial charge in [0.25, 0.3) is 0 Å². The van der Waals surface area contributed by atoms with Crippen LogP contribution in [0.3, 0.4) is 0 Å². The lowest BCUT2D eigenvalue weighted by Gasteiger charge is -2.06. The van der Waals surface area contributed by atoms with E-state index in [1.165, 1.54) is 0 Å². The molecule has 0 spiro atoms. The van der Waals surface area contributed by atoms with Crippen molar-refractivity contribution >= 4 is 15.9 Å². The first-order valence-corrected chi connectivity index (χ1v) is 4.75. The molecule has 0 aliphatic heterocycles. The van der Waals surface area contributed by atoms with Crippen molar-refractivity contribution in [2.75, 3.05) is 13.2 Å². The molecule has 1 rings (SSSR count). The van der Waals surface area contributed by atoms with E-state index < -0.39 is 6.10 Å². The molecule has 0 aliphatic rings. The molecule has 1 heterocycles. The average molecular weight is 250 g/mol. The summed E-state index contributed by atoms with van der Waals surface area (Å²) in [5, 5.41) is 20.4. The molecule has 0 radical (unpaired) electrons. The zero-order valence-corrected chi connectivity index (χ0v) is 8.62. The SMILES string of the molecule is OC[C@H](O)CNCc1ccc(Br)o1. The van der Waals surface area contributed by atoms with Crippen LogP contribution in [-0.2, 0) is 6.54 Å². The minimum absolute atomic E-state index is 0.227. The zero-order valence-electron chi connectivity index (χ0n) is 7.03. The molecule has 0 bridgehead atoms. The van der Waals surface area contributed by atoms with Crippen LogP contribution in [0.25, 0.3) is 0 Å². The van der Waals surface area contributed by atoms with Crippen LogP contribution >= 0.6 is 15.9 Å². The van der Waals surface area contributed by atoms with E-state index in [0.29, 0.717) is 17.8 Å². The molecule has 4 nitrogen and oxygen atoms in total. The molecule has 13 heavy (non-hydrogen) atoms. The van der Waals surface area contributed by atoms with Crippen LogP contribution in [-0.4, -0.2) is 29.5 Å². The number of aliphatic hydroxyl groups excluding tert-OH is 2. The number of rotatable bonds is 5. The Morgan fingerprint density at radius 1 is 1.54 bits per heavy atom. The largest absolute Gasteiger partial charge is 0.453 e. The fourth-order valence-corrected chi connectivity index (χ4v) is 1.21. The van der Waals surface area contributed by atoms with Gasteiger partial charge in [-0.2, -0.15) is 0 Å². The Morgan fingerprint density at radius 2 is 2.31 bits per heavy atom. The van der Waals surface area contributed by atoms with E-state index in [0.717, 1.165) is 5.76 Å². The quantitative estimate of drug-likeness (QED) is 0.711. The van der Waals surface area contributed by atoms with Crippen molar-refractivity contribution in [3.63, 3.8) is 0 Å². The lowest BCUT2D eigenvalue weighted by atomic mass is 10.3. The van der Waals surface area contributed by atoms with Gasteiger partial charge >= 0.3 is 0 Å². The minimum Gasteiger partial charge on any atom is -0.453 e. The van der Waals surface area contributed by atoms with Gasteiger partial charge in [-0.25, -0.2) is 0 Å². The number of nitrogens with one attached hydrogen (secondary N) is 1. The van der Waals surface area contributed by atoms with Crippen LogP contribution in [0.1, 0.15) is 5.76 Å². The molecule has 0 saturated heterocycles. The topological polar surface area (TPSA) is 65.6 Å². The zero-order chi connectivity index (χ0) is 9.68. The predicted molar refractivity (Wildman–Crippen MR) is 51.2 cm³/mol. The van der Waals surface area contributed by atoms with Crippen molar-refractivity contribution in [3.8, 4) is 0 Å². The van der Waals surface area contributed by atoms with Gasteiger partial charge in [0.1, 0.15) is 5.76 Å². The second-order valence-corrected chi connectivity index (χ2v) is 3.45. The summed E-state index contributed by atoms with van der Waals surface area (Å²) in [5.41, 5.74) is 0. The molecule has 0 saturated carbocycles. The number of furan rings is 1. The van der Waals surface area contributed by atoms with E-state index in [1.807, 2.05) is 6.07 Å². The van der Waals surface area contributed by atoms with Crippen LogP contribution in [0, 0.1) is 0 Å². The summed E-state index contributed by atoms with van der Waals surface area (Å²) in [5.74, 6) is 0.789. The van der Waals surface area contributed by atoms with Crippen molar-refractivity contribution in [2.24, 2.45) is 0 Å². The number of halogens is 1. The molecular weight excluding hydrogens is 238 g/mol. The summed E-state index contributed by atoms with van der Waals surface area (Å²) in [6.07, 6.45) is -0.710. The molecule has 1 aromatic rings. The third kappa shape index (κ3) is 3.91. The first-order valence-electron chi connectivity index (χ1n) is 3.96. The Bertz CT molecular complexity index is 251. The van der Waals surface area contributed by atoms with Gasteiger partial charge < -0.3 is 19.9 Å². The Balaban J connectivity index is 2.20. The van der Waals surface area contributed by atoms with Crippen LogP contribution in [0.15, 0.2) is 21.2 Å². The molecule has 0 fully saturated rings. The Kier molecular flexibility index (Phi) is 4.44. The molecule has 5 heteroatoms. The summed E-state index contributed by atoms with van der Waals surface area (Å²) in [4.78, 5) is 0. The minimum atomic E-state index is -0.710. The van der Waals surface area contributed by atoms with Gasteiger partial charge in [-0.1, -0.05) is 0 Å². The van der Waals surface area contributed by atoms with Gasteiger partial charge in [-0.3, -0.25) is 0 Å². The van der Waals surface area contributed by atoms with Crippen LogP contribution < -0.4 is 5.32 Å². The molecule has 0 unspecified atom stereocenters. The monoisotopic (exact) mass is 249 g/mol. The highest BCUT2D eigenvalue weighted by Crippen LogP contribution is 2.13. The Labute approximate surface area is 84.7 Å². The van der Waals surface area contributed by atoms with Crippen LogP contribution in [0.5, 0.6) is 0 Å². The maximum Gasteiger partial charge on any atom is 0.169 e. The lowest BCUT2D eigenvalue weighted by Crippen LogP contribution is -2.28. The third-order valence-corrected chi connectivity index (χ3v) is 1.95. The lowest BCUT2D eigenvalue weighted by molar-refractivity contribution is 0.0938. The van der Waals surface area contributed by atoms with Gasteiger partial charge in [0.05, 0.1) is 19.3 Å². The summed E-state index contributed by atoms with van der Waals surface area (Å²) < 4.78 is 5.90. The fraction of sp³-hybridized carbons (Fsp3) is 0.500. The van der Waals surface area contributed by atoms with E-state index in [9.17, 15) is 0 Å². The number of hydrogen-bond donors (Lipinski definition) is 3. The highest BCUT2D eigenvalue weighted by Gasteiger charge is 2.02. The standard InChI is InChI=1S/C8H12BrNO3/c9-8-2-1-7(13-8)4-10-3-6(12)5-11/h1-2,6,10-12H,3-5H2/t6-/m1/s1. The highest BCUT2D eigenvalue weighted by molar-refractivity contribution is 9.10. The van der Waals surface area contributed by atoms with Gasteiger partial charge in [0.2, 0.25) is 0 Å². The normalized spacial score (nSPS) is 13.2. The van der Waals surface area contributed by atoms with E-state index in [4.69, 9.17) is 14.6 Å². The molecule has 0 aliphatic carbocycles. The van der Waals surface area contributed by atoms with Crippen molar-refractivity contribution in [3.05, 3.63) is 22.6 Å². The van der Waals surface area contributed by atoms with Crippen molar-refractivity contribution < 1.29 is 14.6 Å². The molecule has 1 atom stereocenters. The number of aliphatic hydroxyl groups is 2. The number of hydrogen-bond acceptors (Lipinski definition) is 4. The van der Waals surface area contributed by atoms with Crippen molar-refractivity contribution in [2.45, 2.75) is 12.6 Å². The second-order valence-electron chi connectivity index (χ2n) is 2.67. The van der Waals surface area contributed by atoms with Crippen molar-refractivity contribution in [1.82, 2.24) is 5.32 Å². The van der Waals surface area contributed by atoms with Crippen molar-refractivity contribution in [1.29, 1.82) is 0 Å². The van der Waals surface area contributed by atoms with Gasteiger partial charge in [0, 0.05) is 6.54 Å². The third-order valence-electron chi connectivity index (χ3n) is 1.52. The molecule has 3 N–H and O–H groups in total. The summed E-state index contributed by atoms with van der Waals surface area (Å²) in [6, 6.07) is 3.64. The Hall–Kier alpha value is -0.360. The Morgan fingerprint density at radius 3 is 2.85 bits per heavy atom. The van der Waals surface area contributed by atoms with E-state index >= 15 is 0 Å². The maximum absolute atomic E-state index is 8.99. The van der Waals surface area contributed by atoms with Crippen LogP contribution in [0.4, 0.5) is 0 Å². The summed E-state index contributed by atoms with van der Waals surface area (Å²) in [7, 11) is 0. The highest BCUT2D eigenvalue weighted by atomic mass is 79.9.